The fourth-order valence-corrected chi connectivity index (χ4v) is 5.89. The fourth-order valence-electron chi connectivity index (χ4n) is 4.83. The number of carbonyl (C=O) groups excluding carboxylic acids is 1. The summed E-state index contributed by atoms with van der Waals surface area (Å²) in [5.41, 5.74) is 4.19. The molecule has 0 saturated heterocycles. The minimum Gasteiger partial charge on any atom is -0.497 e. The Hall–Kier alpha value is -3.51. The summed E-state index contributed by atoms with van der Waals surface area (Å²) in [6, 6.07) is 24.4. The first-order chi connectivity index (χ1) is 16.2. The molecule has 0 unspecified atom stereocenters. The van der Waals surface area contributed by atoms with Crippen LogP contribution in [-0.2, 0) is 24.3 Å². The zero-order valence-electron chi connectivity index (χ0n) is 18.4. The number of benzene rings is 3. The second kappa shape index (κ2) is 8.12. The van der Waals surface area contributed by atoms with E-state index in [1.165, 1.54) is 5.82 Å². The summed E-state index contributed by atoms with van der Waals surface area (Å²) >= 11 is 1.72. The normalized spacial score (nSPS) is 13.9. The number of hydrogen-bond donors (Lipinski definition) is 0. The number of hydrogen-bond acceptors (Lipinski definition) is 3. The molecular weight excluding hydrogens is 430 g/mol. The number of nitrogens with zero attached hydrogens (tertiary/aromatic N) is 3. The first kappa shape index (κ1) is 20.1. The summed E-state index contributed by atoms with van der Waals surface area (Å²) < 4.78 is 9.81. The van der Waals surface area contributed by atoms with Crippen LogP contribution in [0.15, 0.2) is 88.8 Å². The smallest absolute Gasteiger partial charge is 0.273 e. The average molecular weight is 455 g/mol. The summed E-state index contributed by atoms with van der Waals surface area (Å²) in [6.07, 6.45) is 4.21. The van der Waals surface area contributed by atoms with E-state index < -0.39 is 0 Å². The molecule has 1 amide bonds. The molecule has 33 heavy (non-hydrogen) atoms. The number of imidazole rings is 1. The Morgan fingerprint density at radius 3 is 2.30 bits per heavy atom. The Morgan fingerprint density at radius 1 is 0.970 bits per heavy atom. The van der Waals surface area contributed by atoms with E-state index >= 15 is 0 Å². The lowest BCUT2D eigenvalue weighted by Crippen LogP contribution is -2.45. The van der Waals surface area contributed by atoms with Gasteiger partial charge < -0.3 is 4.74 Å². The number of anilines is 2. The zero-order chi connectivity index (χ0) is 22.4. The molecule has 0 spiro atoms. The number of para-hydroxylation sites is 2. The Balaban J connectivity index is 1.37. The van der Waals surface area contributed by atoms with Gasteiger partial charge in [0, 0.05) is 15.4 Å². The molecule has 3 heterocycles. The highest BCUT2D eigenvalue weighted by atomic mass is 32.2. The van der Waals surface area contributed by atoms with Crippen LogP contribution >= 0.6 is 11.8 Å². The van der Waals surface area contributed by atoms with E-state index in [1.807, 2.05) is 53.4 Å². The lowest BCUT2D eigenvalue weighted by molar-refractivity contribution is -0.690. The number of fused-ring (bicyclic) bond motifs is 3. The van der Waals surface area contributed by atoms with Crippen molar-refractivity contribution in [2.75, 3.05) is 12.0 Å². The number of rotatable bonds is 4. The maximum absolute atomic E-state index is 13.8. The van der Waals surface area contributed by atoms with Gasteiger partial charge in [0.15, 0.2) is 12.2 Å². The highest BCUT2D eigenvalue weighted by Gasteiger charge is 2.33. The summed E-state index contributed by atoms with van der Waals surface area (Å²) in [7, 11) is 1.68. The molecule has 0 bridgehead atoms. The summed E-state index contributed by atoms with van der Waals surface area (Å²) in [5.74, 6) is 2.12. The van der Waals surface area contributed by atoms with Crippen molar-refractivity contribution in [3.63, 3.8) is 0 Å². The molecule has 0 N–H and O–H groups in total. The van der Waals surface area contributed by atoms with Crippen LogP contribution in [0.3, 0.4) is 0 Å². The maximum atomic E-state index is 13.8. The third-order valence-corrected chi connectivity index (χ3v) is 7.50. The molecule has 0 radical (unpaired) electrons. The molecule has 2 aliphatic heterocycles. The molecule has 6 rings (SSSR count). The van der Waals surface area contributed by atoms with Gasteiger partial charge in [-0.2, -0.15) is 0 Å². The van der Waals surface area contributed by atoms with Crippen molar-refractivity contribution in [2.24, 2.45) is 0 Å². The van der Waals surface area contributed by atoms with Gasteiger partial charge in [0.1, 0.15) is 11.9 Å². The molecule has 5 nitrogen and oxygen atoms in total. The van der Waals surface area contributed by atoms with Gasteiger partial charge in [0.25, 0.3) is 11.7 Å². The maximum Gasteiger partial charge on any atom is 0.273 e. The summed E-state index contributed by atoms with van der Waals surface area (Å²) in [4.78, 5) is 17.9. The minimum absolute atomic E-state index is 0.0711. The number of ether oxygens (including phenoxy) is 1. The van der Waals surface area contributed by atoms with Crippen molar-refractivity contribution in [3.8, 4) is 17.0 Å². The average Bonchev–Trinajstić information content (AvgIpc) is 3.46. The molecule has 3 aromatic carbocycles. The minimum atomic E-state index is 0.0711. The van der Waals surface area contributed by atoms with Crippen LogP contribution in [-0.4, -0.2) is 17.6 Å². The summed E-state index contributed by atoms with van der Waals surface area (Å²) in [6.45, 7) is 1.28. The molecule has 0 saturated carbocycles. The molecule has 0 fully saturated rings. The van der Waals surface area contributed by atoms with E-state index in [1.54, 1.807) is 18.9 Å². The monoisotopic (exact) mass is 454 g/mol. The van der Waals surface area contributed by atoms with Crippen LogP contribution in [0.2, 0.25) is 0 Å². The molecule has 0 aliphatic carbocycles. The van der Waals surface area contributed by atoms with E-state index in [4.69, 9.17) is 4.74 Å². The van der Waals surface area contributed by atoms with Gasteiger partial charge in [0.05, 0.1) is 31.5 Å². The number of carbonyl (C=O) groups is 1. The van der Waals surface area contributed by atoms with E-state index in [0.717, 1.165) is 57.6 Å². The Morgan fingerprint density at radius 2 is 1.64 bits per heavy atom. The quantitative estimate of drug-likeness (QED) is 0.397. The van der Waals surface area contributed by atoms with E-state index in [2.05, 4.69) is 39.6 Å². The van der Waals surface area contributed by atoms with E-state index in [-0.39, 0.29) is 5.91 Å². The third kappa shape index (κ3) is 3.42. The van der Waals surface area contributed by atoms with Gasteiger partial charge in [-0.05, 0) is 55.0 Å². The van der Waals surface area contributed by atoms with Gasteiger partial charge >= 0.3 is 0 Å². The van der Waals surface area contributed by atoms with Crippen molar-refractivity contribution in [1.82, 2.24) is 4.57 Å². The third-order valence-electron chi connectivity index (χ3n) is 6.37. The van der Waals surface area contributed by atoms with Gasteiger partial charge in [-0.3, -0.25) is 9.69 Å². The van der Waals surface area contributed by atoms with Crippen LogP contribution in [0.5, 0.6) is 5.75 Å². The molecular formula is C27H24N3O2S+. The predicted octanol–water partition coefficient (Wildman–Crippen LogP) is 5.23. The highest BCUT2D eigenvalue weighted by Crippen LogP contribution is 2.47. The van der Waals surface area contributed by atoms with Crippen molar-refractivity contribution in [3.05, 3.63) is 84.8 Å². The van der Waals surface area contributed by atoms with Gasteiger partial charge in [0.2, 0.25) is 0 Å². The number of methoxy groups -OCH3 is 1. The van der Waals surface area contributed by atoms with Gasteiger partial charge in [-0.15, -0.1) is 0 Å². The van der Waals surface area contributed by atoms with Crippen LogP contribution < -0.4 is 14.2 Å². The SMILES string of the molecule is COc1ccc(-c2c[n+](CC(=O)N3c4ccccc4Sc4ccccc43)c3n2CCC3)cc1. The van der Waals surface area contributed by atoms with Crippen molar-refractivity contribution in [2.45, 2.75) is 35.7 Å². The molecule has 1 aromatic heterocycles. The van der Waals surface area contributed by atoms with E-state index in [9.17, 15) is 4.79 Å². The topological polar surface area (TPSA) is 38.4 Å². The largest absolute Gasteiger partial charge is 0.497 e. The van der Waals surface area contributed by atoms with E-state index in [0.29, 0.717) is 6.54 Å². The Bertz CT molecular complexity index is 1310. The Labute approximate surface area is 197 Å². The van der Waals surface area contributed by atoms with Gasteiger partial charge in [-0.25, -0.2) is 9.13 Å². The molecule has 4 aromatic rings. The van der Waals surface area contributed by atoms with Crippen LogP contribution in [0.4, 0.5) is 11.4 Å². The zero-order valence-corrected chi connectivity index (χ0v) is 19.2. The molecule has 0 atom stereocenters. The van der Waals surface area contributed by atoms with Gasteiger partial charge in [-0.1, -0.05) is 36.0 Å². The second-order valence-electron chi connectivity index (χ2n) is 8.31. The van der Waals surface area contributed by atoms with Crippen LogP contribution in [0, 0.1) is 0 Å². The van der Waals surface area contributed by atoms with Crippen molar-refractivity contribution in [1.29, 1.82) is 0 Å². The molecule has 2 aliphatic rings. The molecule has 164 valence electrons. The lowest BCUT2D eigenvalue weighted by atomic mass is 10.1. The first-order valence-electron chi connectivity index (χ1n) is 11.2. The summed E-state index contributed by atoms with van der Waals surface area (Å²) in [5, 5.41) is 0. The lowest BCUT2D eigenvalue weighted by Gasteiger charge is -2.30. The highest BCUT2D eigenvalue weighted by molar-refractivity contribution is 7.99. The number of amides is 1. The number of aromatic nitrogens is 2. The molecule has 6 heteroatoms. The van der Waals surface area contributed by atoms with Crippen molar-refractivity contribution >= 4 is 29.0 Å². The predicted molar refractivity (Wildman–Crippen MR) is 129 cm³/mol. The van der Waals surface area contributed by atoms with Crippen LogP contribution in [0.1, 0.15) is 12.2 Å². The van der Waals surface area contributed by atoms with Crippen molar-refractivity contribution < 1.29 is 14.1 Å². The van der Waals surface area contributed by atoms with Crippen LogP contribution in [0.25, 0.3) is 11.3 Å². The fraction of sp³-hybridized carbons (Fsp3) is 0.185. The second-order valence-corrected chi connectivity index (χ2v) is 9.39. The standard InChI is InChI=1S/C27H24N3O2S/c1-32-20-14-12-19(13-15-20)23-17-28(26-11-6-16-29(23)26)18-27(31)30-21-7-2-4-9-24(21)33-25-10-5-3-8-22(25)30/h2-5,7-10,12-15,17H,6,11,16,18H2,1H3/q+1. The first-order valence-corrected chi connectivity index (χ1v) is 12.0. The Kier molecular flexibility index (Phi) is 4.95.